The highest BCUT2D eigenvalue weighted by atomic mass is 16.5. The van der Waals surface area contributed by atoms with Gasteiger partial charge in [-0.05, 0) is 43.3 Å². The second-order valence-corrected chi connectivity index (χ2v) is 6.21. The van der Waals surface area contributed by atoms with E-state index in [4.69, 9.17) is 4.74 Å². The number of hydrogen-bond acceptors (Lipinski definition) is 5. The maximum atomic E-state index is 12.4. The van der Waals surface area contributed by atoms with Crippen LogP contribution in [0.15, 0.2) is 54.6 Å². The van der Waals surface area contributed by atoms with Crippen LogP contribution in [-0.4, -0.2) is 29.4 Å². The van der Waals surface area contributed by atoms with Crippen molar-refractivity contribution in [2.24, 2.45) is 0 Å². The molecule has 0 fully saturated rings. The number of carbonyl (C=O) groups excluding carboxylic acids is 3. The molecule has 0 saturated carbocycles. The molecule has 3 aromatic rings. The number of esters is 1. The quantitative estimate of drug-likeness (QED) is 0.665. The summed E-state index contributed by atoms with van der Waals surface area (Å²) in [4.78, 5) is 39.9. The first-order chi connectivity index (χ1) is 13.4. The largest absolute Gasteiger partial charge is 0.452 e. The van der Waals surface area contributed by atoms with Crippen molar-refractivity contribution in [1.29, 1.82) is 0 Å². The summed E-state index contributed by atoms with van der Waals surface area (Å²) in [6, 6.07) is 15.5. The SMILES string of the molecule is CC(=O)Nc1ccc(NC(=O)COC(=O)c2cc(C)nc3ccccc23)cc1. The summed E-state index contributed by atoms with van der Waals surface area (Å²) < 4.78 is 5.17. The van der Waals surface area contributed by atoms with E-state index in [1.807, 2.05) is 18.2 Å². The highest BCUT2D eigenvalue weighted by Gasteiger charge is 2.15. The van der Waals surface area contributed by atoms with Gasteiger partial charge in [0, 0.05) is 29.4 Å². The molecule has 142 valence electrons. The zero-order valence-corrected chi connectivity index (χ0v) is 15.5. The summed E-state index contributed by atoms with van der Waals surface area (Å²) in [5.41, 5.74) is 2.90. The van der Waals surface area contributed by atoms with E-state index in [1.165, 1.54) is 6.92 Å². The Morgan fingerprint density at radius 1 is 0.964 bits per heavy atom. The maximum Gasteiger partial charge on any atom is 0.339 e. The Balaban J connectivity index is 1.62. The molecule has 7 nitrogen and oxygen atoms in total. The smallest absolute Gasteiger partial charge is 0.339 e. The van der Waals surface area contributed by atoms with Crippen LogP contribution in [-0.2, 0) is 14.3 Å². The molecule has 0 saturated heterocycles. The lowest BCUT2D eigenvalue weighted by Gasteiger charge is -2.09. The van der Waals surface area contributed by atoms with E-state index < -0.39 is 18.5 Å². The van der Waals surface area contributed by atoms with Crippen LogP contribution in [0.4, 0.5) is 11.4 Å². The number of nitrogens with zero attached hydrogens (tertiary/aromatic N) is 1. The second-order valence-electron chi connectivity index (χ2n) is 6.21. The molecule has 7 heteroatoms. The molecular formula is C21H19N3O4. The number of benzene rings is 2. The lowest BCUT2D eigenvalue weighted by molar-refractivity contribution is -0.119. The van der Waals surface area contributed by atoms with E-state index in [1.54, 1.807) is 43.3 Å². The van der Waals surface area contributed by atoms with Gasteiger partial charge in [-0.1, -0.05) is 18.2 Å². The number of nitrogens with one attached hydrogen (secondary N) is 2. The summed E-state index contributed by atoms with van der Waals surface area (Å²) in [5.74, 6) is -1.23. The molecule has 0 aliphatic carbocycles. The summed E-state index contributed by atoms with van der Waals surface area (Å²) in [6.45, 7) is 2.79. The van der Waals surface area contributed by atoms with Crippen LogP contribution in [0.1, 0.15) is 23.0 Å². The van der Waals surface area contributed by atoms with Crippen molar-refractivity contribution in [2.75, 3.05) is 17.2 Å². The van der Waals surface area contributed by atoms with Crippen LogP contribution in [0, 0.1) is 6.92 Å². The highest BCUT2D eigenvalue weighted by Crippen LogP contribution is 2.19. The van der Waals surface area contributed by atoms with Crippen molar-refractivity contribution in [3.05, 3.63) is 65.9 Å². The van der Waals surface area contributed by atoms with Gasteiger partial charge in [-0.3, -0.25) is 14.6 Å². The summed E-state index contributed by atoms with van der Waals surface area (Å²) in [5, 5.41) is 5.95. The number of aromatic nitrogens is 1. The molecule has 0 aliphatic heterocycles. The van der Waals surface area contributed by atoms with Gasteiger partial charge in [0.25, 0.3) is 5.91 Å². The van der Waals surface area contributed by atoms with Gasteiger partial charge in [0.05, 0.1) is 11.1 Å². The minimum Gasteiger partial charge on any atom is -0.452 e. The Morgan fingerprint density at radius 2 is 1.61 bits per heavy atom. The second kappa shape index (κ2) is 8.30. The van der Waals surface area contributed by atoms with E-state index in [-0.39, 0.29) is 5.91 Å². The van der Waals surface area contributed by atoms with Crippen molar-refractivity contribution in [2.45, 2.75) is 13.8 Å². The standard InChI is InChI=1S/C21H19N3O4/c1-13-11-18(17-5-3-4-6-19(17)22-13)21(27)28-12-20(26)24-16-9-7-15(8-10-16)23-14(2)25/h3-11H,12H2,1-2H3,(H,23,25)(H,24,26). The Kier molecular flexibility index (Phi) is 5.64. The Bertz CT molecular complexity index is 1050. The van der Waals surface area contributed by atoms with Crippen molar-refractivity contribution >= 4 is 40.1 Å². The van der Waals surface area contributed by atoms with Gasteiger partial charge in [-0.2, -0.15) is 0 Å². The number of amides is 2. The minimum atomic E-state index is -0.585. The zero-order chi connectivity index (χ0) is 20.1. The predicted octanol–water partition coefficient (Wildman–Crippen LogP) is 3.30. The lowest BCUT2D eigenvalue weighted by Crippen LogP contribution is -2.21. The number of anilines is 2. The van der Waals surface area contributed by atoms with E-state index >= 15 is 0 Å². The van der Waals surface area contributed by atoms with Crippen LogP contribution in [0.2, 0.25) is 0 Å². The zero-order valence-electron chi connectivity index (χ0n) is 15.5. The Labute approximate surface area is 161 Å². The molecule has 28 heavy (non-hydrogen) atoms. The van der Waals surface area contributed by atoms with Gasteiger partial charge in [0.15, 0.2) is 6.61 Å². The molecule has 3 rings (SSSR count). The fraction of sp³-hybridized carbons (Fsp3) is 0.143. The Hall–Kier alpha value is -3.74. The first-order valence-corrected chi connectivity index (χ1v) is 8.63. The minimum absolute atomic E-state index is 0.178. The summed E-state index contributed by atoms with van der Waals surface area (Å²) >= 11 is 0. The molecule has 2 amide bonds. The van der Waals surface area contributed by atoms with Crippen LogP contribution >= 0.6 is 0 Å². The maximum absolute atomic E-state index is 12.4. The first-order valence-electron chi connectivity index (χ1n) is 8.63. The molecule has 0 aliphatic rings. The van der Waals surface area contributed by atoms with Gasteiger partial charge in [0.1, 0.15) is 0 Å². The summed E-state index contributed by atoms with van der Waals surface area (Å²) in [7, 11) is 0. The molecule has 0 spiro atoms. The number of pyridine rings is 1. The van der Waals surface area contributed by atoms with Crippen LogP contribution < -0.4 is 10.6 Å². The molecular weight excluding hydrogens is 358 g/mol. The highest BCUT2D eigenvalue weighted by molar-refractivity contribution is 6.04. The number of rotatable bonds is 5. The average Bonchev–Trinajstić information content (AvgIpc) is 2.66. The molecule has 0 unspecified atom stereocenters. The first kappa shape index (κ1) is 19.0. The van der Waals surface area contributed by atoms with E-state index in [9.17, 15) is 14.4 Å². The van der Waals surface area contributed by atoms with E-state index in [0.717, 1.165) is 0 Å². The Morgan fingerprint density at radius 3 is 2.29 bits per heavy atom. The molecule has 0 radical (unpaired) electrons. The normalized spacial score (nSPS) is 10.4. The third kappa shape index (κ3) is 4.70. The predicted molar refractivity (Wildman–Crippen MR) is 106 cm³/mol. The van der Waals surface area contributed by atoms with Crippen molar-refractivity contribution in [1.82, 2.24) is 4.98 Å². The number of fused-ring (bicyclic) bond motifs is 1. The summed E-state index contributed by atoms with van der Waals surface area (Å²) in [6.07, 6.45) is 0. The average molecular weight is 377 g/mol. The van der Waals surface area contributed by atoms with Crippen LogP contribution in [0.25, 0.3) is 10.9 Å². The number of para-hydroxylation sites is 1. The molecule has 2 N–H and O–H groups in total. The third-order valence-corrected chi connectivity index (χ3v) is 3.89. The molecule has 1 heterocycles. The molecule has 2 aromatic carbocycles. The van der Waals surface area contributed by atoms with Crippen LogP contribution in [0.3, 0.4) is 0 Å². The topological polar surface area (TPSA) is 97.4 Å². The molecule has 0 bridgehead atoms. The molecule has 1 aromatic heterocycles. The molecule has 0 atom stereocenters. The van der Waals surface area contributed by atoms with Gasteiger partial charge in [-0.25, -0.2) is 4.79 Å². The fourth-order valence-corrected chi connectivity index (χ4v) is 2.72. The van der Waals surface area contributed by atoms with E-state index in [0.29, 0.717) is 33.5 Å². The number of ether oxygens (including phenoxy) is 1. The fourth-order valence-electron chi connectivity index (χ4n) is 2.72. The number of carbonyl (C=O) groups is 3. The van der Waals surface area contributed by atoms with Crippen molar-refractivity contribution < 1.29 is 19.1 Å². The number of aryl methyl sites for hydroxylation is 1. The number of hydrogen-bond donors (Lipinski definition) is 2. The van der Waals surface area contributed by atoms with Gasteiger partial charge in [-0.15, -0.1) is 0 Å². The van der Waals surface area contributed by atoms with E-state index in [2.05, 4.69) is 15.6 Å². The van der Waals surface area contributed by atoms with Gasteiger partial charge in [0.2, 0.25) is 5.91 Å². The lowest BCUT2D eigenvalue weighted by atomic mass is 10.1. The van der Waals surface area contributed by atoms with Crippen molar-refractivity contribution in [3.8, 4) is 0 Å². The van der Waals surface area contributed by atoms with Crippen LogP contribution in [0.5, 0.6) is 0 Å². The van der Waals surface area contributed by atoms with Gasteiger partial charge < -0.3 is 15.4 Å². The monoisotopic (exact) mass is 377 g/mol. The van der Waals surface area contributed by atoms with Crippen molar-refractivity contribution in [3.63, 3.8) is 0 Å². The third-order valence-electron chi connectivity index (χ3n) is 3.89. The van der Waals surface area contributed by atoms with Gasteiger partial charge >= 0.3 is 5.97 Å².